The summed E-state index contributed by atoms with van der Waals surface area (Å²) >= 11 is 6.32. The Balaban J connectivity index is 1.48. The van der Waals surface area contributed by atoms with Gasteiger partial charge in [-0.2, -0.15) is 18.3 Å². The third kappa shape index (κ3) is 5.22. The summed E-state index contributed by atoms with van der Waals surface area (Å²) in [6.07, 6.45) is -2.00. The molecular formula is C30H36ClF3N4O4. The van der Waals surface area contributed by atoms with E-state index in [-0.39, 0.29) is 41.8 Å². The van der Waals surface area contributed by atoms with Crippen LogP contribution in [0.2, 0.25) is 5.15 Å². The monoisotopic (exact) mass is 608 g/mol. The number of ketones is 1. The SMILES string of the molecule is Cc1cc(C)c(C(=O)CN(C(=O)c2cnn(C3CCC(C)(C(=O)O)CC3)c2C(F)(F)F)[C@H]2C[C@@H]3[C@H](C2)C3(C)C)c(Cl)n1. The van der Waals surface area contributed by atoms with Gasteiger partial charge >= 0.3 is 12.1 Å². The topological polar surface area (TPSA) is 105 Å². The predicted octanol–water partition coefficient (Wildman–Crippen LogP) is 6.53. The van der Waals surface area contributed by atoms with Crippen LogP contribution in [0.15, 0.2) is 12.3 Å². The Kier molecular flexibility index (Phi) is 7.52. The van der Waals surface area contributed by atoms with Crippen LogP contribution in [-0.2, 0) is 11.0 Å². The van der Waals surface area contributed by atoms with Crippen molar-refractivity contribution < 1.29 is 32.7 Å². The van der Waals surface area contributed by atoms with Crippen LogP contribution in [0.25, 0.3) is 0 Å². The van der Waals surface area contributed by atoms with Gasteiger partial charge in [0.2, 0.25) is 0 Å². The average molecular weight is 609 g/mol. The van der Waals surface area contributed by atoms with E-state index in [1.165, 1.54) is 4.90 Å². The van der Waals surface area contributed by atoms with Crippen LogP contribution >= 0.6 is 11.6 Å². The third-order valence-corrected chi connectivity index (χ3v) is 10.4. The summed E-state index contributed by atoms with van der Waals surface area (Å²) in [6.45, 7) is 8.88. The Hall–Kier alpha value is -2.95. The number of hydrogen-bond acceptors (Lipinski definition) is 5. The molecule has 0 bridgehead atoms. The smallest absolute Gasteiger partial charge is 0.433 e. The van der Waals surface area contributed by atoms with Crippen molar-refractivity contribution >= 4 is 29.3 Å². The minimum absolute atomic E-state index is 0.00485. The fourth-order valence-corrected chi connectivity index (χ4v) is 7.78. The number of carbonyl (C=O) groups excluding carboxylic acids is 2. The summed E-state index contributed by atoms with van der Waals surface area (Å²) in [7, 11) is 0. The summed E-state index contributed by atoms with van der Waals surface area (Å²) in [6, 6.07) is 0.590. The molecule has 1 amide bonds. The molecule has 3 saturated carbocycles. The molecule has 2 aromatic rings. The van der Waals surface area contributed by atoms with E-state index in [1.807, 2.05) is 0 Å². The Morgan fingerprint density at radius 3 is 2.24 bits per heavy atom. The zero-order valence-electron chi connectivity index (χ0n) is 24.4. The highest BCUT2D eigenvalue weighted by Gasteiger charge is 2.63. The fourth-order valence-electron chi connectivity index (χ4n) is 7.39. The van der Waals surface area contributed by atoms with Crippen LogP contribution in [0, 0.1) is 36.5 Å². The van der Waals surface area contributed by atoms with Crippen LogP contribution in [0.3, 0.4) is 0 Å². The van der Waals surface area contributed by atoms with E-state index in [2.05, 4.69) is 23.9 Å². The molecule has 3 aliphatic rings. The fraction of sp³-hybridized carbons (Fsp3) is 0.633. The van der Waals surface area contributed by atoms with E-state index in [0.29, 0.717) is 35.9 Å². The second-order valence-corrected chi connectivity index (χ2v) is 13.6. The number of aryl methyl sites for hydroxylation is 2. The quantitative estimate of drug-likeness (QED) is 0.283. The lowest BCUT2D eigenvalue weighted by Crippen LogP contribution is -2.44. The van der Waals surface area contributed by atoms with Gasteiger partial charge in [0.25, 0.3) is 5.91 Å². The summed E-state index contributed by atoms with van der Waals surface area (Å²) < 4.78 is 44.6. The standard InChI is InChI=1S/C30H36ClF3N4O4/c1-15-10-16(2)36-25(31)23(15)22(39)14-37(18-11-20-21(12-18)28(20,3)4)26(40)19-13-35-38(24(19)30(32,33)34)17-6-8-29(5,9-7-17)27(41)42/h10,13,17-18,20-21H,6-9,11-12,14H2,1-5H3,(H,41,42)/t17?,18-,20+,21-,29?. The van der Waals surface area contributed by atoms with Crippen molar-refractivity contribution in [1.82, 2.24) is 19.7 Å². The molecule has 228 valence electrons. The number of pyridine rings is 1. The first-order valence-corrected chi connectivity index (χ1v) is 14.7. The van der Waals surface area contributed by atoms with Gasteiger partial charge in [0, 0.05) is 11.7 Å². The van der Waals surface area contributed by atoms with Crippen molar-refractivity contribution in [3.05, 3.63) is 45.5 Å². The van der Waals surface area contributed by atoms with E-state index >= 15 is 0 Å². The third-order valence-electron chi connectivity index (χ3n) is 10.2. The van der Waals surface area contributed by atoms with Gasteiger partial charge in [0.05, 0.1) is 35.3 Å². The maximum absolute atomic E-state index is 14.6. The molecule has 2 heterocycles. The molecular weight excluding hydrogens is 573 g/mol. The molecule has 3 aliphatic carbocycles. The van der Waals surface area contributed by atoms with Gasteiger partial charge in [-0.05, 0) is 88.2 Å². The second-order valence-electron chi connectivity index (χ2n) is 13.2. The average Bonchev–Trinajstić information content (AvgIpc) is 3.30. The molecule has 0 unspecified atom stereocenters. The Morgan fingerprint density at radius 1 is 1.12 bits per heavy atom. The summed E-state index contributed by atoms with van der Waals surface area (Å²) in [5.41, 5.74) is -1.33. The largest absolute Gasteiger partial charge is 0.481 e. The highest BCUT2D eigenvalue weighted by molar-refractivity contribution is 6.33. The van der Waals surface area contributed by atoms with Gasteiger partial charge in [-0.3, -0.25) is 19.1 Å². The maximum Gasteiger partial charge on any atom is 0.433 e. The van der Waals surface area contributed by atoms with E-state index in [0.717, 1.165) is 10.9 Å². The van der Waals surface area contributed by atoms with E-state index in [9.17, 15) is 32.7 Å². The number of aromatic nitrogens is 3. The van der Waals surface area contributed by atoms with Gasteiger partial charge in [0.1, 0.15) is 5.15 Å². The van der Waals surface area contributed by atoms with Crippen LogP contribution in [0.5, 0.6) is 0 Å². The Bertz CT molecular complexity index is 1410. The lowest BCUT2D eigenvalue weighted by Gasteiger charge is -2.35. The van der Waals surface area contributed by atoms with E-state index in [1.54, 1.807) is 26.8 Å². The lowest BCUT2D eigenvalue weighted by molar-refractivity contribution is -0.152. The van der Waals surface area contributed by atoms with Gasteiger partial charge in [-0.1, -0.05) is 25.4 Å². The molecule has 0 aliphatic heterocycles. The van der Waals surface area contributed by atoms with Gasteiger partial charge in [0.15, 0.2) is 11.5 Å². The minimum Gasteiger partial charge on any atom is -0.481 e. The van der Waals surface area contributed by atoms with Crippen molar-refractivity contribution in [3.63, 3.8) is 0 Å². The summed E-state index contributed by atoms with van der Waals surface area (Å²) in [5, 5.41) is 13.6. The molecule has 0 spiro atoms. The van der Waals surface area contributed by atoms with Gasteiger partial charge < -0.3 is 10.0 Å². The number of rotatable bonds is 7. The van der Waals surface area contributed by atoms with Crippen molar-refractivity contribution in [3.8, 4) is 0 Å². The molecule has 0 radical (unpaired) electrons. The first-order valence-electron chi connectivity index (χ1n) is 14.3. The first kappa shape index (κ1) is 30.5. The molecule has 0 saturated heterocycles. The molecule has 12 heteroatoms. The van der Waals surface area contributed by atoms with Gasteiger partial charge in [-0.25, -0.2) is 4.98 Å². The number of Topliss-reactive ketones (excluding diaryl/α,β-unsaturated/α-hetero) is 1. The first-order chi connectivity index (χ1) is 19.5. The number of halogens is 4. The number of nitrogens with zero attached hydrogens (tertiary/aromatic N) is 4. The zero-order chi connectivity index (χ0) is 30.9. The lowest BCUT2D eigenvalue weighted by atomic mass is 9.74. The van der Waals surface area contributed by atoms with Gasteiger partial charge in [-0.15, -0.1) is 0 Å². The second kappa shape index (κ2) is 10.3. The molecule has 0 aromatic carbocycles. The molecule has 5 rings (SSSR count). The number of amides is 1. The zero-order valence-corrected chi connectivity index (χ0v) is 25.1. The molecule has 3 atom stereocenters. The normalized spacial score (nSPS) is 28.3. The van der Waals surface area contributed by atoms with Crippen molar-refractivity contribution in [2.24, 2.45) is 22.7 Å². The molecule has 2 aromatic heterocycles. The van der Waals surface area contributed by atoms with E-state index < -0.39 is 59.1 Å². The molecule has 42 heavy (non-hydrogen) atoms. The molecule has 3 fully saturated rings. The number of fused-ring (bicyclic) bond motifs is 1. The molecule has 1 N–H and O–H groups in total. The summed E-state index contributed by atoms with van der Waals surface area (Å²) in [5.74, 6) is -1.71. The van der Waals surface area contributed by atoms with Crippen LogP contribution in [0.4, 0.5) is 13.2 Å². The van der Waals surface area contributed by atoms with Crippen LogP contribution in [0.1, 0.15) is 103 Å². The van der Waals surface area contributed by atoms with Crippen LogP contribution in [-0.4, -0.2) is 55.0 Å². The van der Waals surface area contributed by atoms with Crippen molar-refractivity contribution in [1.29, 1.82) is 0 Å². The minimum atomic E-state index is -4.90. The molecule has 8 nitrogen and oxygen atoms in total. The van der Waals surface area contributed by atoms with Crippen LogP contribution < -0.4 is 0 Å². The number of hydrogen-bond donors (Lipinski definition) is 1. The number of carbonyl (C=O) groups is 3. The number of aliphatic carboxylic acids is 1. The van der Waals surface area contributed by atoms with E-state index in [4.69, 9.17) is 11.6 Å². The maximum atomic E-state index is 14.6. The number of carboxylic acid groups (broad SMARTS) is 1. The number of carboxylic acids is 1. The van der Waals surface area contributed by atoms with Crippen molar-refractivity contribution in [2.45, 2.75) is 91.4 Å². The Morgan fingerprint density at radius 2 is 1.71 bits per heavy atom. The Labute approximate surface area is 247 Å². The van der Waals surface area contributed by atoms with Crippen molar-refractivity contribution in [2.75, 3.05) is 6.54 Å². The highest BCUT2D eigenvalue weighted by atomic mass is 35.5. The number of alkyl halides is 3. The predicted molar refractivity (Wildman–Crippen MR) is 148 cm³/mol. The summed E-state index contributed by atoms with van der Waals surface area (Å²) in [4.78, 5) is 44.7. The highest BCUT2D eigenvalue weighted by Crippen LogP contribution is 2.67.